The number of dihydropyridines is 1. The molecule has 0 radical (unpaired) electrons. The van der Waals surface area contributed by atoms with E-state index in [2.05, 4.69) is 20.4 Å². The van der Waals surface area contributed by atoms with Crippen molar-refractivity contribution in [2.75, 3.05) is 6.79 Å². The minimum Gasteiger partial charge on any atom is -0.454 e. The van der Waals surface area contributed by atoms with Crippen molar-refractivity contribution in [3.63, 3.8) is 0 Å². The first-order valence-electron chi connectivity index (χ1n) is 7.46. The number of amides is 2. The summed E-state index contributed by atoms with van der Waals surface area (Å²) in [5.41, 5.74) is 0.420. The molecule has 3 heterocycles. The number of allylic oxidation sites excluding steroid dienone is 1. The summed E-state index contributed by atoms with van der Waals surface area (Å²) in [4.78, 5) is 31.7. The van der Waals surface area contributed by atoms with Gasteiger partial charge in [-0.2, -0.15) is 4.98 Å². The molecule has 2 aliphatic heterocycles. The fourth-order valence-electron chi connectivity index (χ4n) is 2.40. The standard InChI is InChI=1S/C16H12N4O5/c21-15(9-3-4-11-12(6-9)24-8-23-11)18-7-13-19-14(20-25-13)10-2-1-5-17-16(10)22/h1-6,10H,7-8H2,(H,18,21). The fourth-order valence-corrected chi connectivity index (χ4v) is 2.40. The summed E-state index contributed by atoms with van der Waals surface area (Å²) in [6.45, 7) is 0.178. The molecule has 1 atom stereocenters. The summed E-state index contributed by atoms with van der Waals surface area (Å²) in [7, 11) is 0. The predicted molar refractivity (Wildman–Crippen MR) is 83.4 cm³/mol. The van der Waals surface area contributed by atoms with Crippen LogP contribution in [0, 0.1) is 0 Å². The molecule has 4 rings (SSSR count). The molecule has 0 aliphatic carbocycles. The Balaban J connectivity index is 1.40. The molecule has 2 aliphatic rings. The van der Waals surface area contributed by atoms with E-state index in [1.807, 2.05) is 0 Å². The molecule has 126 valence electrons. The van der Waals surface area contributed by atoms with Gasteiger partial charge in [-0.3, -0.25) is 9.59 Å². The van der Waals surface area contributed by atoms with E-state index in [1.165, 1.54) is 6.21 Å². The highest BCUT2D eigenvalue weighted by atomic mass is 16.7. The molecule has 0 saturated carbocycles. The second-order valence-electron chi connectivity index (χ2n) is 5.28. The van der Waals surface area contributed by atoms with Crippen LogP contribution in [0.5, 0.6) is 11.5 Å². The van der Waals surface area contributed by atoms with Gasteiger partial charge in [0.15, 0.2) is 17.3 Å². The van der Waals surface area contributed by atoms with Crippen molar-refractivity contribution >= 4 is 18.0 Å². The zero-order valence-electron chi connectivity index (χ0n) is 12.8. The van der Waals surface area contributed by atoms with Crippen LogP contribution >= 0.6 is 0 Å². The molecular formula is C16H12N4O5. The summed E-state index contributed by atoms with van der Waals surface area (Å²) in [6.07, 6.45) is 4.68. The van der Waals surface area contributed by atoms with Gasteiger partial charge in [0.25, 0.3) is 11.8 Å². The van der Waals surface area contributed by atoms with Gasteiger partial charge in [0.1, 0.15) is 5.92 Å². The minimum atomic E-state index is -0.660. The Morgan fingerprint density at radius 3 is 3.04 bits per heavy atom. The summed E-state index contributed by atoms with van der Waals surface area (Å²) >= 11 is 0. The number of hydrogen-bond acceptors (Lipinski definition) is 7. The minimum absolute atomic E-state index is 0.0359. The maximum Gasteiger partial charge on any atom is 0.260 e. The fraction of sp³-hybridized carbons (Fsp3) is 0.188. The van der Waals surface area contributed by atoms with E-state index in [0.717, 1.165) is 0 Å². The normalized spacial score (nSPS) is 17.8. The molecular weight excluding hydrogens is 328 g/mol. The number of rotatable bonds is 4. The van der Waals surface area contributed by atoms with Crippen LogP contribution in [-0.2, 0) is 11.3 Å². The van der Waals surface area contributed by atoms with Crippen molar-refractivity contribution in [2.45, 2.75) is 12.5 Å². The van der Waals surface area contributed by atoms with Crippen molar-refractivity contribution in [1.82, 2.24) is 15.5 Å². The molecule has 0 spiro atoms. The second kappa shape index (κ2) is 6.19. The van der Waals surface area contributed by atoms with Gasteiger partial charge in [-0.25, -0.2) is 4.99 Å². The van der Waals surface area contributed by atoms with Crippen LogP contribution in [0.3, 0.4) is 0 Å². The molecule has 9 heteroatoms. The third kappa shape index (κ3) is 2.99. The topological polar surface area (TPSA) is 116 Å². The number of aliphatic imine (C=N–C) groups is 1. The molecule has 1 aromatic heterocycles. The lowest BCUT2D eigenvalue weighted by molar-refractivity contribution is -0.118. The van der Waals surface area contributed by atoms with Crippen LogP contribution in [0.25, 0.3) is 0 Å². The number of aromatic nitrogens is 2. The Kier molecular flexibility index (Phi) is 3.73. The molecule has 0 fully saturated rings. The van der Waals surface area contributed by atoms with E-state index in [-0.39, 0.29) is 36.9 Å². The molecule has 1 N–H and O–H groups in total. The number of nitrogens with zero attached hydrogens (tertiary/aromatic N) is 3. The largest absolute Gasteiger partial charge is 0.454 e. The van der Waals surface area contributed by atoms with Gasteiger partial charge in [0.05, 0.1) is 6.54 Å². The van der Waals surface area contributed by atoms with Gasteiger partial charge in [-0.05, 0) is 24.3 Å². The summed E-state index contributed by atoms with van der Waals surface area (Å²) in [5, 5.41) is 6.44. The number of nitrogens with one attached hydrogen (secondary N) is 1. The van der Waals surface area contributed by atoms with Crippen LogP contribution < -0.4 is 14.8 Å². The van der Waals surface area contributed by atoms with Crippen molar-refractivity contribution in [3.8, 4) is 11.5 Å². The summed E-state index contributed by atoms with van der Waals surface area (Å²) in [6, 6.07) is 4.90. The third-order valence-corrected chi connectivity index (χ3v) is 3.65. The van der Waals surface area contributed by atoms with E-state index in [9.17, 15) is 9.59 Å². The van der Waals surface area contributed by atoms with Gasteiger partial charge in [-0.1, -0.05) is 11.2 Å². The zero-order valence-corrected chi connectivity index (χ0v) is 12.8. The van der Waals surface area contributed by atoms with Crippen LogP contribution in [0.2, 0.25) is 0 Å². The highest BCUT2D eigenvalue weighted by Gasteiger charge is 2.24. The Morgan fingerprint density at radius 2 is 2.16 bits per heavy atom. The quantitative estimate of drug-likeness (QED) is 0.882. The van der Waals surface area contributed by atoms with Crippen molar-refractivity contribution in [3.05, 3.63) is 47.6 Å². The lowest BCUT2D eigenvalue weighted by Gasteiger charge is -2.05. The third-order valence-electron chi connectivity index (χ3n) is 3.65. The highest BCUT2D eigenvalue weighted by molar-refractivity contribution is 5.97. The molecule has 1 aromatic carbocycles. The van der Waals surface area contributed by atoms with Crippen molar-refractivity contribution in [2.24, 2.45) is 4.99 Å². The van der Waals surface area contributed by atoms with Gasteiger partial charge in [0.2, 0.25) is 12.7 Å². The van der Waals surface area contributed by atoms with Gasteiger partial charge < -0.3 is 19.3 Å². The first-order chi connectivity index (χ1) is 12.2. The van der Waals surface area contributed by atoms with E-state index >= 15 is 0 Å². The Labute approximate surface area is 141 Å². The lowest BCUT2D eigenvalue weighted by atomic mass is 10.1. The maximum atomic E-state index is 12.2. The highest BCUT2D eigenvalue weighted by Crippen LogP contribution is 2.32. The Bertz CT molecular complexity index is 902. The number of fused-ring (bicyclic) bond motifs is 1. The maximum absolute atomic E-state index is 12.2. The average molecular weight is 340 g/mol. The zero-order chi connectivity index (χ0) is 17.2. The predicted octanol–water partition coefficient (Wildman–Crippen LogP) is 0.979. The number of ether oxygens (including phenoxy) is 2. The second-order valence-corrected chi connectivity index (χ2v) is 5.28. The van der Waals surface area contributed by atoms with Gasteiger partial charge >= 0.3 is 0 Å². The first kappa shape index (κ1) is 15.1. The summed E-state index contributed by atoms with van der Waals surface area (Å²) < 4.78 is 15.5. The summed E-state index contributed by atoms with van der Waals surface area (Å²) in [5.74, 6) is 0.190. The number of benzene rings is 1. The Hall–Kier alpha value is -3.49. The monoisotopic (exact) mass is 340 g/mol. The number of carbonyl (C=O) groups excluding carboxylic acids is 2. The van der Waals surface area contributed by atoms with Crippen molar-refractivity contribution in [1.29, 1.82) is 0 Å². The van der Waals surface area contributed by atoms with Gasteiger partial charge in [-0.15, -0.1) is 0 Å². The van der Waals surface area contributed by atoms with E-state index in [0.29, 0.717) is 17.1 Å². The Morgan fingerprint density at radius 1 is 1.28 bits per heavy atom. The van der Waals surface area contributed by atoms with Crippen LogP contribution in [-0.4, -0.2) is 35.0 Å². The SMILES string of the molecule is O=C(NCc1nc(C2C=CC=NC2=O)no1)c1ccc2c(c1)OCO2. The molecule has 1 unspecified atom stereocenters. The van der Waals surface area contributed by atoms with Gasteiger partial charge in [0, 0.05) is 11.8 Å². The average Bonchev–Trinajstić information content (AvgIpc) is 3.28. The molecule has 25 heavy (non-hydrogen) atoms. The van der Waals surface area contributed by atoms with Crippen LogP contribution in [0.1, 0.15) is 28.0 Å². The van der Waals surface area contributed by atoms with E-state index in [1.54, 1.807) is 30.4 Å². The van der Waals surface area contributed by atoms with Crippen LogP contribution in [0.4, 0.5) is 0 Å². The number of hydrogen-bond donors (Lipinski definition) is 1. The van der Waals surface area contributed by atoms with E-state index in [4.69, 9.17) is 14.0 Å². The molecule has 2 amide bonds. The lowest BCUT2D eigenvalue weighted by Crippen LogP contribution is -2.23. The molecule has 0 bridgehead atoms. The van der Waals surface area contributed by atoms with Crippen molar-refractivity contribution < 1.29 is 23.6 Å². The molecule has 0 saturated heterocycles. The first-order valence-corrected chi connectivity index (χ1v) is 7.46. The molecule has 2 aromatic rings. The molecule has 9 nitrogen and oxygen atoms in total. The van der Waals surface area contributed by atoms with Crippen LogP contribution in [0.15, 0.2) is 39.9 Å². The number of carbonyl (C=O) groups is 2. The smallest absolute Gasteiger partial charge is 0.260 e. The van der Waals surface area contributed by atoms with E-state index < -0.39 is 5.92 Å².